The van der Waals surface area contributed by atoms with Gasteiger partial charge in [-0.25, -0.2) is 33.7 Å². The van der Waals surface area contributed by atoms with Crippen molar-refractivity contribution in [2.45, 2.75) is 12.7 Å². The largest absolute Gasteiger partial charge is 0.438 e. The third-order valence-corrected chi connectivity index (χ3v) is 6.37. The van der Waals surface area contributed by atoms with Gasteiger partial charge in [0, 0.05) is 49.8 Å². The third kappa shape index (κ3) is 7.37. The first-order valence-corrected chi connectivity index (χ1v) is 13.4. The highest BCUT2D eigenvalue weighted by Gasteiger charge is 2.14. The molecule has 0 unspecified atom stereocenters. The smallest absolute Gasteiger partial charge is 0.228 e. The molecular formula is C29H30F2N8O3. The number of benzene rings is 2. The zero-order chi connectivity index (χ0) is 29.3. The lowest BCUT2D eigenvalue weighted by Crippen LogP contribution is -2.31. The van der Waals surface area contributed by atoms with Crippen molar-refractivity contribution in [3.05, 3.63) is 89.3 Å². The molecule has 42 heavy (non-hydrogen) atoms. The summed E-state index contributed by atoms with van der Waals surface area (Å²) in [6.07, 6.45) is 3.38. The van der Waals surface area contributed by atoms with E-state index in [0.717, 1.165) is 25.1 Å². The van der Waals surface area contributed by atoms with Gasteiger partial charge in [0.15, 0.2) is 11.6 Å². The molecule has 0 aliphatic carbocycles. The number of ether oxygens (including phenoxy) is 1. The summed E-state index contributed by atoms with van der Waals surface area (Å²) in [6.45, 7) is 2.46. The van der Waals surface area contributed by atoms with E-state index in [4.69, 9.17) is 14.9 Å². The van der Waals surface area contributed by atoms with Gasteiger partial charge in [0.2, 0.25) is 18.1 Å². The number of rotatable bonds is 14. The summed E-state index contributed by atoms with van der Waals surface area (Å²) >= 11 is 0. The first kappa shape index (κ1) is 28.9. The molecule has 2 aromatic heterocycles. The van der Waals surface area contributed by atoms with Crippen LogP contribution in [0.25, 0.3) is 11.3 Å². The van der Waals surface area contributed by atoms with E-state index in [1.54, 1.807) is 48.8 Å². The predicted molar refractivity (Wildman–Crippen MR) is 152 cm³/mol. The van der Waals surface area contributed by atoms with Crippen LogP contribution in [0.3, 0.4) is 0 Å². The van der Waals surface area contributed by atoms with Crippen LogP contribution in [-0.2, 0) is 0 Å². The van der Waals surface area contributed by atoms with E-state index in [1.807, 2.05) is 11.0 Å². The first-order chi connectivity index (χ1) is 20.5. The van der Waals surface area contributed by atoms with Gasteiger partial charge < -0.3 is 25.6 Å². The topological polar surface area (TPSA) is 140 Å². The van der Waals surface area contributed by atoms with E-state index in [1.165, 1.54) is 0 Å². The fraction of sp³-hybridized carbons (Fsp3) is 0.276. The van der Waals surface area contributed by atoms with E-state index >= 15 is 0 Å². The highest BCUT2D eigenvalue weighted by Crippen LogP contribution is 2.31. The number of halogens is 2. The molecule has 4 aromatic rings. The Balaban J connectivity index is 1.21. The Bertz CT molecular complexity index is 1580. The van der Waals surface area contributed by atoms with Crippen LogP contribution >= 0.6 is 0 Å². The summed E-state index contributed by atoms with van der Waals surface area (Å²) in [4.78, 5) is 23.9. The van der Waals surface area contributed by atoms with Gasteiger partial charge in [-0.2, -0.15) is 0 Å². The number of hydrogen-bond donors (Lipinski definition) is 4. The molecule has 3 heterocycles. The molecule has 1 aliphatic rings. The maximum absolute atomic E-state index is 13.5. The van der Waals surface area contributed by atoms with Gasteiger partial charge in [-0.15, -0.1) is 0 Å². The molecule has 218 valence electrons. The molecule has 4 N–H and O–H groups in total. The van der Waals surface area contributed by atoms with Crippen molar-refractivity contribution < 1.29 is 23.7 Å². The molecule has 0 saturated carbocycles. The molecule has 0 saturated heterocycles. The average molecular weight is 577 g/mol. The van der Waals surface area contributed by atoms with Crippen LogP contribution in [0.5, 0.6) is 11.6 Å². The van der Waals surface area contributed by atoms with Crippen molar-refractivity contribution in [3.8, 4) is 22.9 Å². The predicted octanol–water partition coefficient (Wildman–Crippen LogP) is 2.35. The molecule has 2 aromatic carbocycles. The van der Waals surface area contributed by atoms with Gasteiger partial charge in [0.1, 0.15) is 5.75 Å². The minimum absolute atomic E-state index is 0.0454. The van der Waals surface area contributed by atoms with Gasteiger partial charge in [-0.05, 0) is 55.4 Å². The maximum Gasteiger partial charge on any atom is 0.228 e. The Morgan fingerprint density at radius 1 is 0.857 bits per heavy atom. The SMILES string of the molecule is OCCN(CCO)CCCNc1nccc(-c2cccnc2Oc2ccc(NC3N=c4cc(F)c(F)cc4=N3)cc2)n1. The lowest BCUT2D eigenvalue weighted by molar-refractivity contribution is 0.161. The maximum atomic E-state index is 13.5. The summed E-state index contributed by atoms with van der Waals surface area (Å²) in [5, 5.41) is 25.2. The monoisotopic (exact) mass is 576 g/mol. The van der Waals surface area contributed by atoms with Gasteiger partial charge in [0.05, 0.1) is 35.2 Å². The van der Waals surface area contributed by atoms with E-state index < -0.39 is 17.9 Å². The third-order valence-electron chi connectivity index (χ3n) is 6.37. The number of aliphatic hydroxyl groups excluding tert-OH is 2. The molecule has 11 nitrogen and oxygen atoms in total. The fourth-order valence-corrected chi connectivity index (χ4v) is 4.35. The molecule has 0 spiro atoms. The summed E-state index contributed by atoms with van der Waals surface area (Å²) in [6, 6.07) is 14.6. The van der Waals surface area contributed by atoms with Crippen LogP contribution < -0.4 is 26.1 Å². The first-order valence-electron chi connectivity index (χ1n) is 13.4. The van der Waals surface area contributed by atoms with Crippen molar-refractivity contribution in [3.63, 3.8) is 0 Å². The normalized spacial score (nSPS) is 12.5. The number of aliphatic hydroxyl groups is 2. The van der Waals surface area contributed by atoms with Crippen molar-refractivity contribution in [2.75, 3.05) is 50.0 Å². The Hall–Kier alpha value is -4.59. The Morgan fingerprint density at radius 3 is 2.26 bits per heavy atom. The van der Waals surface area contributed by atoms with Crippen LogP contribution in [0.2, 0.25) is 0 Å². The zero-order valence-corrected chi connectivity index (χ0v) is 22.6. The molecule has 13 heteroatoms. The van der Waals surface area contributed by atoms with Crippen LogP contribution in [0.1, 0.15) is 6.42 Å². The number of nitrogens with zero attached hydrogens (tertiary/aromatic N) is 6. The van der Waals surface area contributed by atoms with Gasteiger partial charge in [0.25, 0.3) is 0 Å². The number of hydrogen-bond acceptors (Lipinski definition) is 11. The van der Waals surface area contributed by atoms with Crippen LogP contribution in [0.15, 0.2) is 77.0 Å². The second-order valence-electron chi connectivity index (χ2n) is 9.35. The summed E-state index contributed by atoms with van der Waals surface area (Å²) < 4.78 is 33.1. The summed E-state index contributed by atoms with van der Waals surface area (Å²) in [7, 11) is 0. The number of anilines is 2. The molecule has 0 bridgehead atoms. The van der Waals surface area contributed by atoms with E-state index in [2.05, 4.69) is 35.6 Å². The average Bonchev–Trinajstić information content (AvgIpc) is 3.37. The lowest BCUT2D eigenvalue weighted by Gasteiger charge is -2.19. The minimum atomic E-state index is -0.963. The zero-order valence-electron chi connectivity index (χ0n) is 22.6. The second kappa shape index (κ2) is 13.9. The lowest BCUT2D eigenvalue weighted by atomic mass is 10.2. The molecular weight excluding hydrogens is 546 g/mol. The number of aromatic nitrogens is 3. The fourth-order valence-electron chi connectivity index (χ4n) is 4.35. The number of nitrogens with one attached hydrogen (secondary N) is 2. The molecule has 5 rings (SSSR count). The molecule has 0 radical (unpaired) electrons. The van der Waals surface area contributed by atoms with Crippen LogP contribution in [-0.4, -0.2) is 75.7 Å². The van der Waals surface area contributed by atoms with Crippen LogP contribution in [0.4, 0.5) is 20.4 Å². The van der Waals surface area contributed by atoms with Crippen molar-refractivity contribution >= 4 is 11.6 Å². The molecule has 0 fully saturated rings. The highest BCUT2D eigenvalue weighted by atomic mass is 19.2. The summed E-state index contributed by atoms with van der Waals surface area (Å²) in [5.74, 6) is -0.559. The Labute approximate surface area is 240 Å². The van der Waals surface area contributed by atoms with E-state index in [9.17, 15) is 8.78 Å². The van der Waals surface area contributed by atoms with Crippen molar-refractivity contribution in [1.29, 1.82) is 0 Å². The molecule has 0 amide bonds. The molecule has 0 atom stereocenters. The Morgan fingerprint density at radius 2 is 1.57 bits per heavy atom. The summed E-state index contributed by atoms with van der Waals surface area (Å²) in [5.41, 5.74) is 2.01. The van der Waals surface area contributed by atoms with Crippen molar-refractivity contribution in [2.24, 2.45) is 9.98 Å². The van der Waals surface area contributed by atoms with Gasteiger partial charge in [-0.1, -0.05) is 0 Å². The quantitative estimate of drug-likeness (QED) is 0.167. The highest BCUT2D eigenvalue weighted by molar-refractivity contribution is 5.66. The van der Waals surface area contributed by atoms with Crippen LogP contribution in [0, 0.1) is 11.6 Å². The van der Waals surface area contributed by atoms with Crippen molar-refractivity contribution in [1.82, 2.24) is 19.9 Å². The second-order valence-corrected chi connectivity index (χ2v) is 9.35. The number of fused-ring (bicyclic) bond motifs is 1. The Kier molecular flexibility index (Phi) is 9.54. The van der Waals surface area contributed by atoms with Gasteiger partial charge >= 0.3 is 0 Å². The van der Waals surface area contributed by atoms with E-state index in [0.29, 0.717) is 64.9 Å². The van der Waals surface area contributed by atoms with Gasteiger partial charge in [-0.3, -0.25) is 4.90 Å². The molecule has 1 aliphatic heterocycles. The van der Waals surface area contributed by atoms with E-state index in [-0.39, 0.29) is 13.2 Å². The number of pyridine rings is 1. The standard InChI is InChI=1S/C29H30F2N8O3/c30-22-17-25-26(18-23(22)31)38-29(37-25)35-19-4-6-20(7-5-19)42-27-21(3-1-9-32-27)24-8-11-34-28(36-24)33-10-2-12-39(13-15-40)14-16-41/h1,3-9,11,17-18,29,35,40-41H,2,10,12-16H2,(H,33,34,36). The minimum Gasteiger partial charge on any atom is -0.438 e.